The van der Waals surface area contributed by atoms with Gasteiger partial charge >= 0.3 is 0 Å². The minimum atomic E-state index is 0.700. The third kappa shape index (κ3) is 2.52. The molecular formula is C14H15N5S. The Morgan fingerprint density at radius 3 is 2.95 bits per heavy atom. The van der Waals surface area contributed by atoms with E-state index in [9.17, 15) is 0 Å². The molecule has 6 heteroatoms. The highest BCUT2D eigenvalue weighted by Crippen LogP contribution is 2.30. The van der Waals surface area contributed by atoms with Crippen LogP contribution in [0.2, 0.25) is 0 Å². The highest BCUT2D eigenvalue weighted by atomic mass is 32.2. The van der Waals surface area contributed by atoms with E-state index in [1.54, 1.807) is 24.4 Å². The quantitative estimate of drug-likeness (QED) is 0.721. The summed E-state index contributed by atoms with van der Waals surface area (Å²) in [5.41, 5.74) is 4.17. The second-order valence-corrected chi connectivity index (χ2v) is 5.56. The second-order valence-electron chi connectivity index (χ2n) is 4.50. The molecule has 5 nitrogen and oxygen atoms in total. The molecule has 0 atom stereocenters. The maximum Gasteiger partial charge on any atom is 0.181 e. The minimum Gasteiger partial charge on any atom is -0.341 e. The Labute approximate surface area is 121 Å². The highest BCUT2D eigenvalue weighted by Gasteiger charge is 2.08. The van der Waals surface area contributed by atoms with Crippen molar-refractivity contribution in [2.24, 2.45) is 0 Å². The van der Waals surface area contributed by atoms with Crippen molar-refractivity contribution in [1.82, 2.24) is 25.3 Å². The van der Waals surface area contributed by atoms with Crippen LogP contribution in [-0.2, 0) is 6.54 Å². The Morgan fingerprint density at radius 2 is 2.15 bits per heavy atom. The molecule has 0 aliphatic carbocycles. The van der Waals surface area contributed by atoms with E-state index >= 15 is 0 Å². The summed E-state index contributed by atoms with van der Waals surface area (Å²) >= 11 is 1.62. The van der Waals surface area contributed by atoms with E-state index in [2.05, 4.69) is 50.4 Å². The first kappa shape index (κ1) is 13.1. The van der Waals surface area contributed by atoms with Gasteiger partial charge in [-0.3, -0.25) is 0 Å². The van der Waals surface area contributed by atoms with Crippen LogP contribution < -0.4 is 5.32 Å². The SMILES string of the molecule is CNCc1ccc(Sc2ncnc3nc[nH]c23)cc1C. The standard InChI is InChI=1S/C14H15N5S/c1-9-5-11(4-3-10(9)6-15-2)20-14-12-13(17-7-16-12)18-8-19-14/h3-5,7-8,15H,6H2,1-2H3,(H,16,17,18,19). The summed E-state index contributed by atoms with van der Waals surface area (Å²) in [4.78, 5) is 16.9. The molecule has 2 aromatic heterocycles. The fourth-order valence-electron chi connectivity index (χ4n) is 2.05. The largest absolute Gasteiger partial charge is 0.341 e. The van der Waals surface area contributed by atoms with Crippen LogP contribution in [0.4, 0.5) is 0 Å². The molecule has 0 amide bonds. The third-order valence-electron chi connectivity index (χ3n) is 3.08. The number of fused-ring (bicyclic) bond motifs is 1. The molecule has 3 aromatic rings. The van der Waals surface area contributed by atoms with E-state index < -0.39 is 0 Å². The van der Waals surface area contributed by atoms with Crippen molar-refractivity contribution in [2.45, 2.75) is 23.4 Å². The van der Waals surface area contributed by atoms with Crippen molar-refractivity contribution in [2.75, 3.05) is 7.05 Å². The molecule has 102 valence electrons. The molecule has 0 aliphatic heterocycles. The van der Waals surface area contributed by atoms with E-state index in [1.807, 2.05) is 7.05 Å². The Hall–Kier alpha value is -1.92. The lowest BCUT2D eigenvalue weighted by Crippen LogP contribution is -2.06. The fraction of sp³-hybridized carbons (Fsp3) is 0.214. The van der Waals surface area contributed by atoms with Gasteiger partial charge in [-0.05, 0) is 37.2 Å². The minimum absolute atomic E-state index is 0.700. The van der Waals surface area contributed by atoms with Gasteiger partial charge in [0.15, 0.2) is 5.65 Å². The Bertz CT molecular complexity index is 737. The van der Waals surface area contributed by atoms with Gasteiger partial charge in [-0.15, -0.1) is 0 Å². The first-order chi connectivity index (χ1) is 9.78. The predicted molar refractivity (Wildman–Crippen MR) is 79.7 cm³/mol. The van der Waals surface area contributed by atoms with Crippen LogP contribution >= 0.6 is 11.8 Å². The Morgan fingerprint density at radius 1 is 1.25 bits per heavy atom. The van der Waals surface area contributed by atoms with Gasteiger partial charge in [0.25, 0.3) is 0 Å². The zero-order valence-electron chi connectivity index (χ0n) is 11.3. The van der Waals surface area contributed by atoms with E-state index in [1.165, 1.54) is 11.1 Å². The van der Waals surface area contributed by atoms with Gasteiger partial charge in [-0.25, -0.2) is 15.0 Å². The first-order valence-corrected chi connectivity index (χ1v) is 7.15. The number of H-pyrrole nitrogens is 1. The van der Waals surface area contributed by atoms with E-state index in [0.29, 0.717) is 5.65 Å². The van der Waals surface area contributed by atoms with Gasteiger partial charge in [0.1, 0.15) is 16.9 Å². The molecule has 2 heterocycles. The average molecular weight is 285 g/mol. The molecule has 0 fully saturated rings. The predicted octanol–water partition coefficient (Wildman–Crippen LogP) is 2.53. The topological polar surface area (TPSA) is 66.5 Å². The van der Waals surface area contributed by atoms with Crippen LogP contribution in [-0.4, -0.2) is 27.0 Å². The van der Waals surface area contributed by atoms with Crippen LogP contribution in [0.15, 0.2) is 40.8 Å². The number of aromatic nitrogens is 4. The van der Waals surface area contributed by atoms with Crippen LogP contribution in [0.25, 0.3) is 11.2 Å². The lowest BCUT2D eigenvalue weighted by Gasteiger charge is -2.08. The number of nitrogens with one attached hydrogen (secondary N) is 2. The summed E-state index contributed by atoms with van der Waals surface area (Å²) in [5, 5.41) is 4.07. The molecule has 0 unspecified atom stereocenters. The van der Waals surface area contributed by atoms with Crippen molar-refractivity contribution >= 4 is 22.9 Å². The number of aryl methyl sites for hydroxylation is 1. The summed E-state index contributed by atoms with van der Waals surface area (Å²) in [6.45, 7) is 3.01. The summed E-state index contributed by atoms with van der Waals surface area (Å²) in [6, 6.07) is 6.45. The second kappa shape index (κ2) is 5.60. The highest BCUT2D eigenvalue weighted by molar-refractivity contribution is 7.99. The number of nitrogens with zero attached hydrogens (tertiary/aromatic N) is 3. The Kier molecular flexibility index (Phi) is 3.66. The molecule has 0 radical (unpaired) electrons. The van der Waals surface area contributed by atoms with Crippen molar-refractivity contribution in [3.05, 3.63) is 42.0 Å². The zero-order valence-corrected chi connectivity index (χ0v) is 12.2. The van der Waals surface area contributed by atoms with Crippen molar-refractivity contribution < 1.29 is 0 Å². The van der Waals surface area contributed by atoms with E-state index in [4.69, 9.17) is 0 Å². The maximum absolute atomic E-state index is 4.33. The van der Waals surface area contributed by atoms with Gasteiger partial charge in [-0.1, -0.05) is 17.8 Å². The number of rotatable bonds is 4. The molecule has 0 spiro atoms. The van der Waals surface area contributed by atoms with Crippen LogP contribution in [0, 0.1) is 6.92 Å². The lowest BCUT2D eigenvalue weighted by molar-refractivity contribution is 0.811. The van der Waals surface area contributed by atoms with Crippen LogP contribution in [0.3, 0.4) is 0 Å². The van der Waals surface area contributed by atoms with E-state index in [0.717, 1.165) is 22.0 Å². The van der Waals surface area contributed by atoms with Crippen molar-refractivity contribution in [3.8, 4) is 0 Å². The molecule has 0 bridgehead atoms. The summed E-state index contributed by atoms with van der Waals surface area (Å²) in [6.07, 6.45) is 3.19. The van der Waals surface area contributed by atoms with Gasteiger partial charge in [0.2, 0.25) is 0 Å². The van der Waals surface area contributed by atoms with Crippen molar-refractivity contribution in [1.29, 1.82) is 0 Å². The normalized spacial score (nSPS) is 11.1. The monoisotopic (exact) mass is 285 g/mol. The number of aromatic amines is 1. The van der Waals surface area contributed by atoms with Crippen LogP contribution in [0.5, 0.6) is 0 Å². The van der Waals surface area contributed by atoms with Crippen molar-refractivity contribution in [3.63, 3.8) is 0 Å². The summed E-state index contributed by atoms with van der Waals surface area (Å²) < 4.78 is 0. The molecule has 2 N–H and O–H groups in total. The third-order valence-corrected chi connectivity index (χ3v) is 4.08. The summed E-state index contributed by atoms with van der Waals surface area (Å²) in [7, 11) is 1.96. The molecular weight excluding hydrogens is 270 g/mol. The smallest absolute Gasteiger partial charge is 0.181 e. The van der Waals surface area contributed by atoms with Gasteiger partial charge in [-0.2, -0.15) is 0 Å². The molecule has 20 heavy (non-hydrogen) atoms. The number of imidazole rings is 1. The molecule has 3 rings (SSSR count). The number of hydrogen-bond donors (Lipinski definition) is 2. The number of benzene rings is 1. The Balaban J connectivity index is 1.91. The van der Waals surface area contributed by atoms with Crippen LogP contribution in [0.1, 0.15) is 11.1 Å². The number of hydrogen-bond acceptors (Lipinski definition) is 5. The average Bonchev–Trinajstić information content (AvgIpc) is 2.91. The maximum atomic E-state index is 4.33. The first-order valence-electron chi connectivity index (χ1n) is 6.34. The molecule has 1 aromatic carbocycles. The summed E-state index contributed by atoms with van der Waals surface area (Å²) in [5.74, 6) is 0. The van der Waals surface area contributed by atoms with Gasteiger partial charge < -0.3 is 10.3 Å². The van der Waals surface area contributed by atoms with Gasteiger partial charge in [0, 0.05) is 11.4 Å². The fourth-order valence-corrected chi connectivity index (χ4v) is 3.00. The van der Waals surface area contributed by atoms with E-state index in [-0.39, 0.29) is 0 Å². The molecule has 0 aliphatic rings. The molecule has 0 saturated carbocycles. The van der Waals surface area contributed by atoms with Gasteiger partial charge in [0.05, 0.1) is 6.33 Å². The lowest BCUT2D eigenvalue weighted by atomic mass is 10.1. The zero-order chi connectivity index (χ0) is 13.9. The molecule has 0 saturated heterocycles.